The van der Waals surface area contributed by atoms with E-state index in [1.165, 1.54) is 77.1 Å². The average molecular weight is 777 g/mol. The van der Waals surface area contributed by atoms with Crippen molar-refractivity contribution in [3.63, 3.8) is 0 Å². The van der Waals surface area contributed by atoms with E-state index in [-0.39, 0.29) is 0 Å². The minimum absolute atomic E-state index is 0.464. The Labute approximate surface area is 355 Å². The molecule has 2 nitrogen and oxygen atoms in total. The zero-order valence-corrected chi connectivity index (χ0v) is 33.5. The number of nitrogens with zero attached hydrogens (tertiary/aromatic N) is 2. The van der Waals surface area contributed by atoms with Crippen molar-refractivity contribution in [1.29, 1.82) is 0 Å². The Kier molecular flexibility index (Phi) is 8.11. The van der Waals surface area contributed by atoms with Gasteiger partial charge in [-0.25, -0.2) is 0 Å². The molecule has 0 spiro atoms. The zero-order valence-electron chi connectivity index (χ0n) is 33.5. The van der Waals surface area contributed by atoms with Gasteiger partial charge in [-0.15, -0.1) is 0 Å². The third-order valence-electron chi connectivity index (χ3n) is 12.8. The van der Waals surface area contributed by atoms with Crippen molar-refractivity contribution >= 4 is 49.6 Å². The molecule has 1 heterocycles. The van der Waals surface area contributed by atoms with Gasteiger partial charge in [0.1, 0.15) is 0 Å². The van der Waals surface area contributed by atoms with Gasteiger partial charge in [-0.2, -0.15) is 0 Å². The van der Waals surface area contributed by atoms with Crippen molar-refractivity contribution in [3.8, 4) is 27.9 Å². The molecule has 0 bridgehead atoms. The van der Waals surface area contributed by atoms with Gasteiger partial charge in [0.05, 0.1) is 16.4 Å². The number of aromatic nitrogens is 1. The molecule has 0 fully saturated rings. The van der Waals surface area contributed by atoms with Crippen molar-refractivity contribution < 1.29 is 0 Å². The lowest BCUT2D eigenvalue weighted by Gasteiger charge is -2.34. The highest BCUT2D eigenvalue weighted by Crippen LogP contribution is 2.56. The standard InChI is InChI=1S/C59H40N2/c1-5-17-45(18-6-1)59(46-19-7-2-8-20-46)55-27-15-13-25-51(55)52-35-34-50(40-56(52)59)61-57-28-16-14-26-53(57)54-39-44(32-36-58(54)61)41-29-30-43-38-49(33-31-42(43)37-41)60(47-21-9-3-10-22-47)48-23-11-4-12-24-48/h1-40H. The maximum Gasteiger partial charge on any atom is 0.0714 e. The van der Waals surface area contributed by atoms with Crippen LogP contribution in [0.4, 0.5) is 17.1 Å². The van der Waals surface area contributed by atoms with Gasteiger partial charge in [0.2, 0.25) is 0 Å². The van der Waals surface area contributed by atoms with Gasteiger partial charge in [-0.3, -0.25) is 0 Å². The van der Waals surface area contributed by atoms with Gasteiger partial charge < -0.3 is 9.47 Å². The number of fused-ring (bicyclic) bond motifs is 7. The highest BCUT2D eigenvalue weighted by Gasteiger charge is 2.46. The molecule has 0 radical (unpaired) electrons. The lowest BCUT2D eigenvalue weighted by molar-refractivity contribution is 0.767. The Bertz CT molecular complexity index is 3330. The van der Waals surface area contributed by atoms with Crippen LogP contribution in [0, 0.1) is 0 Å². The Balaban J connectivity index is 0.986. The van der Waals surface area contributed by atoms with Gasteiger partial charge in [0.15, 0.2) is 0 Å². The average Bonchev–Trinajstić information content (AvgIpc) is 3.83. The molecule has 0 atom stereocenters. The van der Waals surface area contributed by atoms with Crippen LogP contribution in [0.2, 0.25) is 0 Å². The molecular formula is C59H40N2. The lowest BCUT2D eigenvalue weighted by atomic mass is 9.67. The molecule has 0 unspecified atom stereocenters. The molecule has 1 aromatic heterocycles. The fraction of sp³-hybridized carbons (Fsp3) is 0.0169. The second kappa shape index (κ2) is 14.1. The summed E-state index contributed by atoms with van der Waals surface area (Å²) < 4.78 is 2.46. The summed E-state index contributed by atoms with van der Waals surface area (Å²) in [5.41, 5.74) is 16.6. The molecule has 286 valence electrons. The third-order valence-corrected chi connectivity index (χ3v) is 12.8. The molecule has 11 aromatic rings. The first-order valence-corrected chi connectivity index (χ1v) is 21.1. The van der Waals surface area contributed by atoms with Gasteiger partial charge in [0.25, 0.3) is 0 Å². The van der Waals surface area contributed by atoms with Crippen LogP contribution in [0.3, 0.4) is 0 Å². The molecule has 10 aromatic carbocycles. The normalized spacial score (nSPS) is 12.7. The van der Waals surface area contributed by atoms with Crippen LogP contribution in [-0.2, 0) is 5.41 Å². The van der Waals surface area contributed by atoms with Gasteiger partial charge in [-0.1, -0.05) is 170 Å². The first-order chi connectivity index (χ1) is 30.3. The first kappa shape index (κ1) is 35.0. The Morgan fingerprint density at radius 3 is 1.59 bits per heavy atom. The Morgan fingerprint density at radius 2 is 0.869 bits per heavy atom. The number of rotatable bonds is 7. The Hall–Kier alpha value is -7.94. The fourth-order valence-electron chi connectivity index (χ4n) is 10.2. The molecule has 1 aliphatic rings. The maximum atomic E-state index is 2.46. The highest BCUT2D eigenvalue weighted by molar-refractivity contribution is 6.11. The van der Waals surface area contributed by atoms with E-state index < -0.39 is 5.41 Å². The molecule has 0 amide bonds. The number of para-hydroxylation sites is 3. The first-order valence-electron chi connectivity index (χ1n) is 21.1. The van der Waals surface area contributed by atoms with Crippen LogP contribution >= 0.6 is 0 Å². The summed E-state index contributed by atoms with van der Waals surface area (Å²) in [5, 5.41) is 4.90. The maximum absolute atomic E-state index is 2.46. The van der Waals surface area contributed by atoms with E-state index in [0.29, 0.717) is 0 Å². The van der Waals surface area contributed by atoms with Crippen LogP contribution in [-0.4, -0.2) is 4.57 Å². The van der Waals surface area contributed by atoms with Gasteiger partial charge in [-0.05, 0) is 128 Å². The molecule has 2 heteroatoms. The summed E-state index contributed by atoms with van der Waals surface area (Å²) >= 11 is 0. The zero-order chi connectivity index (χ0) is 40.3. The van der Waals surface area contributed by atoms with Gasteiger partial charge >= 0.3 is 0 Å². The third kappa shape index (κ3) is 5.50. The summed E-state index contributed by atoms with van der Waals surface area (Å²) in [7, 11) is 0. The van der Waals surface area contributed by atoms with E-state index in [1.807, 2.05) is 0 Å². The lowest BCUT2D eigenvalue weighted by Crippen LogP contribution is -2.28. The largest absolute Gasteiger partial charge is 0.310 e. The van der Waals surface area contributed by atoms with Crippen LogP contribution in [0.15, 0.2) is 243 Å². The predicted molar refractivity (Wildman–Crippen MR) is 256 cm³/mol. The monoisotopic (exact) mass is 776 g/mol. The minimum atomic E-state index is -0.464. The van der Waals surface area contributed by atoms with E-state index >= 15 is 0 Å². The topological polar surface area (TPSA) is 8.17 Å². The van der Waals surface area contributed by atoms with Crippen molar-refractivity contribution in [2.24, 2.45) is 0 Å². The van der Waals surface area contributed by atoms with E-state index in [2.05, 4.69) is 252 Å². The van der Waals surface area contributed by atoms with E-state index in [9.17, 15) is 0 Å². The summed E-state index contributed by atoms with van der Waals surface area (Å²) in [6.45, 7) is 0. The molecule has 1 aliphatic carbocycles. The fourth-order valence-corrected chi connectivity index (χ4v) is 10.2. The number of benzene rings is 10. The minimum Gasteiger partial charge on any atom is -0.310 e. The quantitative estimate of drug-likeness (QED) is 0.156. The SMILES string of the molecule is c1ccc(N(c2ccccc2)c2ccc3cc(-c4ccc5c(c4)c4ccccc4n5-c4ccc5c(c4)C(c4ccccc4)(c4ccccc4)c4ccccc4-5)ccc3c2)cc1. The van der Waals surface area contributed by atoms with Crippen molar-refractivity contribution in [2.45, 2.75) is 5.41 Å². The molecule has 61 heavy (non-hydrogen) atoms. The van der Waals surface area contributed by atoms with Crippen molar-refractivity contribution in [1.82, 2.24) is 4.57 Å². The highest BCUT2D eigenvalue weighted by atomic mass is 15.1. The summed E-state index contributed by atoms with van der Waals surface area (Å²) in [6, 6.07) is 88.9. The molecule has 0 saturated heterocycles. The molecule has 0 saturated carbocycles. The molecule has 0 aliphatic heterocycles. The van der Waals surface area contributed by atoms with Crippen LogP contribution < -0.4 is 4.90 Å². The van der Waals surface area contributed by atoms with E-state index in [1.54, 1.807) is 0 Å². The van der Waals surface area contributed by atoms with Crippen LogP contribution in [0.1, 0.15) is 22.3 Å². The molecule has 12 rings (SSSR count). The summed E-state index contributed by atoms with van der Waals surface area (Å²) in [5.74, 6) is 0. The van der Waals surface area contributed by atoms with Crippen molar-refractivity contribution in [2.75, 3.05) is 4.90 Å². The predicted octanol–water partition coefficient (Wildman–Crippen LogP) is 15.4. The molecule has 0 N–H and O–H groups in total. The van der Waals surface area contributed by atoms with Crippen LogP contribution in [0.25, 0.3) is 60.5 Å². The summed E-state index contributed by atoms with van der Waals surface area (Å²) in [6.07, 6.45) is 0. The van der Waals surface area contributed by atoms with Crippen LogP contribution in [0.5, 0.6) is 0 Å². The Morgan fingerprint density at radius 1 is 0.328 bits per heavy atom. The van der Waals surface area contributed by atoms with Crippen molar-refractivity contribution in [3.05, 3.63) is 265 Å². The van der Waals surface area contributed by atoms with E-state index in [0.717, 1.165) is 22.7 Å². The van der Waals surface area contributed by atoms with E-state index in [4.69, 9.17) is 0 Å². The number of hydrogen-bond donors (Lipinski definition) is 0. The second-order valence-electron chi connectivity index (χ2n) is 16.1. The number of anilines is 3. The smallest absolute Gasteiger partial charge is 0.0714 e. The van der Waals surface area contributed by atoms with Gasteiger partial charge in [0, 0.05) is 33.5 Å². The molecular weight excluding hydrogens is 737 g/mol. The second-order valence-corrected chi connectivity index (χ2v) is 16.1. The number of hydrogen-bond acceptors (Lipinski definition) is 1. The summed E-state index contributed by atoms with van der Waals surface area (Å²) in [4.78, 5) is 2.32.